The predicted octanol–water partition coefficient (Wildman–Crippen LogP) is 4.92. The van der Waals surface area contributed by atoms with Crippen molar-refractivity contribution < 1.29 is 14.7 Å². The zero-order valence-electron chi connectivity index (χ0n) is 17.6. The number of nitrogens with zero attached hydrogens (tertiary/aromatic N) is 1. The standard InChI is InChI=1S/C25H24ClN3O3/c1-16-4-2-3-5-22(16)17-6-10-19(11-7-17)27-24(31)23-14-21(30)15-29(23)25(32)28-20-12-8-18(26)9-13-20/h2-13,21,23,30H,14-15H2,1H3,(H,27,31)(H,28,32). The SMILES string of the molecule is Cc1ccccc1-c1ccc(NC(=O)C2CC(O)CN2C(=O)Nc2ccc(Cl)cc2)cc1. The average Bonchev–Trinajstić information content (AvgIpc) is 3.18. The Kier molecular flexibility index (Phi) is 6.44. The largest absolute Gasteiger partial charge is 0.391 e. The number of β-amino-alcohol motifs (C(OH)–C–C–N with tert-alkyl or cyclic N) is 1. The fourth-order valence-electron chi connectivity index (χ4n) is 3.87. The lowest BCUT2D eigenvalue weighted by Crippen LogP contribution is -2.45. The maximum absolute atomic E-state index is 12.9. The maximum Gasteiger partial charge on any atom is 0.322 e. The lowest BCUT2D eigenvalue weighted by molar-refractivity contribution is -0.119. The summed E-state index contributed by atoms with van der Waals surface area (Å²) in [6, 6.07) is 21.2. The van der Waals surface area contributed by atoms with E-state index < -0.39 is 18.2 Å². The molecule has 3 aromatic carbocycles. The first kappa shape index (κ1) is 21.9. The number of aliphatic hydroxyl groups is 1. The van der Waals surface area contributed by atoms with Gasteiger partial charge < -0.3 is 20.6 Å². The summed E-state index contributed by atoms with van der Waals surface area (Å²) in [6.45, 7) is 2.14. The van der Waals surface area contributed by atoms with E-state index in [1.54, 1.807) is 24.3 Å². The van der Waals surface area contributed by atoms with Crippen molar-refractivity contribution in [3.63, 3.8) is 0 Å². The highest BCUT2D eigenvalue weighted by Gasteiger charge is 2.39. The zero-order valence-corrected chi connectivity index (χ0v) is 18.3. The molecule has 2 atom stereocenters. The summed E-state index contributed by atoms with van der Waals surface area (Å²) in [5.74, 6) is -0.337. The second-order valence-electron chi connectivity index (χ2n) is 7.88. The molecular formula is C25H24ClN3O3. The molecule has 0 spiro atoms. The second kappa shape index (κ2) is 9.42. The summed E-state index contributed by atoms with van der Waals surface area (Å²) in [5, 5.41) is 16.3. The Morgan fingerprint density at radius 1 is 0.938 bits per heavy atom. The van der Waals surface area contributed by atoms with Gasteiger partial charge in [-0.3, -0.25) is 4.79 Å². The van der Waals surface area contributed by atoms with Gasteiger partial charge in [0, 0.05) is 29.4 Å². The smallest absolute Gasteiger partial charge is 0.322 e. The minimum absolute atomic E-state index is 0.0870. The first-order valence-electron chi connectivity index (χ1n) is 10.4. The van der Waals surface area contributed by atoms with E-state index in [-0.39, 0.29) is 18.9 Å². The Morgan fingerprint density at radius 3 is 2.25 bits per heavy atom. The van der Waals surface area contributed by atoms with E-state index in [1.807, 2.05) is 36.4 Å². The van der Waals surface area contributed by atoms with Crippen LogP contribution in [0.5, 0.6) is 0 Å². The van der Waals surface area contributed by atoms with Crippen molar-refractivity contribution in [1.29, 1.82) is 0 Å². The molecule has 164 valence electrons. The van der Waals surface area contributed by atoms with Crippen LogP contribution >= 0.6 is 11.6 Å². The highest BCUT2D eigenvalue weighted by Crippen LogP contribution is 2.26. The van der Waals surface area contributed by atoms with Gasteiger partial charge in [-0.2, -0.15) is 0 Å². The van der Waals surface area contributed by atoms with Crippen molar-refractivity contribution in [2.75, 3.05) is 17.2 Å². The minimum atomic E-state index is -0.770. The first-order chi connectivity index (χ1) is 15.4. The number of aryl methyl sites for hydroxylation is 1. The molecule has 1 fully saturated rings. The molecule has 1 heterocycles. The molecule has 32 heavy (non-hydrogen) atoms. The molecule has 4 rings (SSSR count). The number of urea groups is 1. The zero-order chi connectivity index (χ0) is 22.7. The molecule has 0 aromatic heterocycles. The fraction of sp³-hybridized carbons (Fsp3) is 0.200. The second-order valence-corrected chi connectivity index (χ2v) is 8.31. The molecule has 0 aliphatic carbocycles. The normalized spacial score (nSPS) is 17.8. The summed E-state index contributed by atoms with van der Waals surface area (Å²) in [7, 11) is 0. The summed E-state index contributed by atoms with van der Waals surface area (Å²) in [6.07, 6.45) is -0.577. The number of carbonyl (C=O) groups is 2. The van der Waals surface area contributed by atoms with Crippen molar-refractivity contribution in [3.05, 3.63) is 83.4 Å². The molecule has 2 unspecified atom stereocenters. The molecule has 1 aliphatic heterocycles. The Labute approximate surface area is 191 Å². The van der Waals surface area contributed by atoms with E-state index in [9.17, 15) is 14.7 Å². The van der Waals surface area contributed by atoms with Crippen molar-refractivity contribution >= 4 is 34.9 Å². The van der Waals surface area contributed by atoms with Gasteiger partial charge in [-0.15, -0.1) is 0 Å². The van der Waals surface area contributed by atoms with Crippen LogP contribution in [-0.4, -0.2) is 40.6 Å². The van der Waals surface area contributed by atoms with Crippen molar-refractivity contribution in [1.82, 2.24) is 4.90 Å². The number of likely N-dealkylation sites (tertiary alicyclic amines) is 1. The number of nitrogens with one attached hydrogen (secondary N) is 2. The minimum Gasteiger partial charge on any atom is -0.391 e. The third-order valence-corrected chi connectivity index (χ3v) is 5.80. The monoisotopic (exact) mass is 449 g/mol. The van der Waals surface area contributed by atoms with E-state index in [1.165, 1.54) is 10.5 Å². The Morgan fingerprint density at radius 2 is 1.56 bits per heavy atom. The van der Waals surface area contributed by atoms with Gasteiger partial charge in [0.25, 0.3) is 0 Å². The number of benzene rings is 3. The number of aliphatic hydroxyl groups excluding tert-OH is 1. The number of anilines is 2. The van der Waals surface area contributed by atoms with E-state index in [4.69, 9.17) is 11.6 Å². The third-order valence-electron chi connectivity index (χ3n) is 5.55. The number of hydrogen-bond acceptors (Lipinski definition) is 3. The summed E-state index contributed by atoms with van der Waals surface area (Å²) in [5.41, 5.74) is 4.56. The molecule has 1 saturated heterocycles. The molecule has 7 heteroatoms. The average molecular weight is 450 g/mol. The van der Waals surface area contributed by atoms with Crippen LogP contribution in [0, 0.1) is 6.92 Å². The molecular weight excluding hydrogens is 426 g/mol. The Balaban J connectivity index is 1.43. The number of amides is 3. The van der Waals surface area contributed by atoms with Gasteiger partial charge in [0.15, 0.2) is 0 Å². The van der Waals surface area contributed by atoms with Crippen molar-refractivity contribution in [2.24, 2.45) is 0 Å². The van der Waals surface area contributed by atoms with E-state index in [2.05, 4.69) is 29.7 Å². The molecule has 3 amide bonds. The van der Waals surface area contributed by atoms with Gasteiger partial charge >= 0.3 is 6.03 Å². The molecule has 1 aliphatic rings. The van der Waals surface area contributed by atoms with Gasteiger partial charge in [0.05, 0.1) is 6.10 Å². The van der Waals surface area contributed by atoms with Crippen LogP contribution in [-0.2, 0) is 4.79 Å². The molecule has 6 nitrogen and oxygen atoms in total. The van der Waals surface area contributed by atoms with Gasteiger partial charge in [-0.25, -0.2) is 4.79 Å². The highest BCUT2D eigenvalue weighted by molar-refractivity contribution is 6.30. The summed E-state index contributed by atoms with van der Waals surface area (Å²) >= 11 is 5.88. The third kappa shape index (κ3) is 4.93. The Hall–Kier alpha value is -3.35. The molecule has 3 N–H and O–H groups in total. The number of hydrogen-bond donors (Lipinski definition) is 3. The quantitative estimate of drug-likeness (QED) is 0.528. The molecule has 0 radical (unpaired) electrons. The van der Waals surface area contributed by atoms with Gasteiger partial charge in [0.2, 0.25) is 5.91 Å². The van der Waals surface area contributed by atoms with Crippen LogP contribution in [0.1, 0.15) is 12.0 Å². The summed E-state index contributed by atoms with van der Waals surface area (Å²) in [4.78, 5) is 27.0. The van der Waals surface area contributed by atoms with Crippen LogP contribution in [0.25, 0.3) is 11.1 Å². The topological polar surface area (TPSA) is 81.7 Å². The maximum atomic E-state index is 12.9. The first-order valence-corrected chi connectivity index (χ1v) is 10.8. The summed E-state index contributed by atoms with van der Waals surface area (Å²) < 4.78 is 0. The lowest BCUT2D eigenvalue weighted by Gasteiger charge is -2.24. The van der Waals surface area contributed by atoms with Crippen LogP contribution in [0.15, 0.2) is 72.8 Å². The molecule has 3 aromatic rings. The van der Waals surface area contributed by atoms with Crippen molar-refractivity contribution in [3.8, 4) is 11.1 Å². The number of halogens is 1. The number of carbonyl (C=O) groups excluding carboxylic acids is 2. The molecule has 0 bridgehead atoms. The Bertz CT molecular complexity index is 1120. The van der Waals surface area contributed by atoms with Gasteiger partial charge in [0.1, 0.15) is 6.04 Å². The van der Waals surface area contributed by atoms with Crippen molar-refractivity contribution in [2.45, 2.75) is 25.5 Å². The van der Waals surface area contributed by atoms with E-state index in [0.29, 0.717) is 16.4 Å². The fourth-order valence-corrected chi connectivity index (χ4v) is 4.00. The number of rotatable bonds is 4. The van der Waals surface area contributed by atoms with E-state index in [0.717, 1.165) is 11.1 Å². The van der Waals surface area contributed by atoms with Crippen LogP contribution < -0.4 is 10.6 Å². The lowest BCUT2D eigenvalue weighted by atomic mass is 10.0. The highest BCUT2D eigenvalue weighted by atomic mass is 35.5. The van der Waals surface area contributed by atoms with Crippen LogP contribution in [0.2, 0.25) is 5.02 Å². The van der Waals surface area contributed by atoms with Gasteiger partial charge in [-0.05, 0) is 60.0 Å². The van der Waals surface area contributed by atoms with Gasteiger partial charge in [-0.1, -0.05) is 48.0 Å². The molecule has 0 saturated carbocycles. The van der Waals surface area contributed by atoms with Crippen LogP contribution in [0.4, 0.5) is 16.2 Å². The van der Waals surface area contributed by atoms with E-state index >= 15 is 0 Å². The van der Waals surface area contributed by atoms with Crippen LogP contribution in [0.3, 0.4) is 0 Å². The predicted molar refractivity (Wildman–Crippen MR) is 127 cm³/mol.